The minimum Gasteiger partial charge on any atom is -0.450 e. The summed E-state index contributed by atoms with van der Waals surface area (Å²) in [7, 11) is 0. The van der Waals surface area contributed by atoms with E-state index in [1.54, 1.807) is 11.3 Å². The molecular weight excluding hydrogens is 412 g/mol. The van der Waals surface area contributed by atoms with Gasteiger partial charge >= 0.3 is 6.16 Å². The number of nitrogens with zero attached hydrogens (tertiary/aromatic N) is 4. The van der Waals surface area contributed by atoms with Gasteiger partial charge in [-0.05, 0) is 38.3 Å². The molecule has 0 unspecified atom stereocenters. The molecule has 3 aromatic rings. The maximum absolute atomic E-state index is 10.5. The van der Waals surface area contributed by atoms with Crippen LogP contribution in [-0.4, -0.2) is 38.3 Å². The highest BCUT2D eigenvalue weighted by atomic mass is 35.5. The predicted molar refractivity (Wildman–Crippen MR) is 112 cm³/mol. The highest BCUT2D eigenvalue weighted by Crippen LogP contribution is 2.35. The number of halogens is 1. The van der Waals surface area contributed by atoms with Crippen molar-refractivity contribution in [3.8, 4) is 5.00 Å². The molecule has 1 N–H and O–H groups in total. The summed E-state index contributed by atoms with van der Waals surface area (Å²) >= 11 is 8.15. The maximum Gasteiger partial charge on any atom is 0.505 e. The zero-order chi connectivity index (χ0) is 20.4. The first-order chi connectivity index (χ1) is 14.0. The Morgan fingerprint density at radius 3 is 2.90 bits per heavy atom. The Bertz CT molecular complexity index is 1090. The zero-order valence-corrected chi connectivity index (χ0v) is 17.3. The van der Waals surface area contributed by atoms with Crippen molar-refractivity contribution < 1.29 is 14.6 Å². The minimum absolute atomic E-state index is 0.210. The van der Waals surface area contributed by atoms with Crippen LogP contribution in [0.1, 0.15) is 40.5 Å². The Labute approximate surface area is 176 Å². The molecule has 0 radical (unpaired) electrons. The third-order valence-electron chi connectivity index (χ3n) is 4.66. The highest BCUT2D eigenvalue weighted by Gasteiger charge is 2.25. The van der Waals surface area contributed by atoms with Gasteiger partial charge in [0.1, 0.15) is 17.4 Å². The number of aromatic nitrogens is 3. The lowest BCUT2D eigenvalue weighted by atomic mass is 10.0. The molecule has 1 aromatic carbocycles. The SMILES string of the molecule is Cc1nnc2n1-c1sc(CCCCOC(=O)O)cc1C(c1ccccc1Cl)=NC2. The van der Waals surface area contributed by atoms with Crippen molar-refractivity contribution >= 4 is 34.8 Å². The van der Waals surface area contributed by atoms with Crippen LogP contribution in [0.4, 0.5) is 4.79 Å². The van der Waals surface area contributed by atoms with Crippen molar-refractivity contribution in [1.29, 1.82) is 0 Å². The summed E-state index contributed by atoms with van der Waals surface area (Å²) in [5.74, 6) is 1.62. The molecule has 9 heteroatoms. The van der Waals surface area contributed by atoms with E-state index in [1.807, 2.05) is 31.2 Å². The van der Waals surface area contributed by atoms with E-state index >= 15 is 0 Å². The fourth-order valence-electron chi connectivity index (χ4n) is 3.34. The quantitative estimate of drug-likeness (QED) is 0.453. The molecule has 0 aliphatic carbocycles. The second-order valence-corrected chi connectivity index (χ2v) is 8.17. The van der Waals surface area contributed by atoms with Crippen LogP contribution < -0.4 is 0 Å². The minimum atomic E-state index is -1.23. The third kappa shape index (κ3) is 4.04. The van der Waals surface area contributed by atoms with Crippen LogP contribution in [0.5, 0.6) is 0 Å². The average molecular weight is 431 g/mol. The highest BCUT2D eigenvalue weighted by molar-refractivity contribution is 7.15. The number of unbranched alkanes of at least 4 members (excludes halogenated alkanes) is 1. The molecule has 0 amide bonds. The number of hydrogen-bond acceptors (Lipinski definition) is 6. The first-order valence-electron chi connectivity index (χ1n) is 9.24. The fraction of sp³-hybridized carbons (Fsp3) is 0.300. The maximum atomic E-state index is 10.5. The van der Waals surface area contributed by atoms with Gasteiger partial charge in [-0.1, -0.05) is 29.8 Å². The van der Waals surface area contributed by atoms with Gasteiger partial charge in [-0.15, -0.1) is 21.5 Å². The summed E-state index contributed by atoms with van der Waals surface area (Å²) in [5.41, 5.74) is 2.76. The fourth-order valence-corrected chi connectivity index (χ4v) is 4.83. The van der Waals surface area contributed by atoms with Crippen LogP contribution in [0.2, 0.25) is 5.02 Å². The Hall–Kier alpha value is -2.71. The second-order valence-electron chi connectivity index (χ2n) is 6.65. The molecule has 150 valence electrons. The monoisotopic (exact) mass is 430 g/mol. The van der Waals surface area contributed by atoms with Crippen molar-refractivity contribution in [2.45, 2.75) is 32.7 Å². The largest absolute Gasteiger partial charge is 0.505 e. The van der Waals surface area contributed by atoms with Gasteiger partial charge in [0, 0.05) is 21.0 Å². The van der Waals surface area contributed by atoms with E-state index in [4.69, 9.17) is 21.7 Å². The van der Waals surface area contributed by atoms with E-state index in [-0.39, 0.29) is 6.61 Å². The van der Waals surface area contributed by atoms with Gasteiger partial charge in [0.25, 0.3) is 0 Å². The number of hydrogen-bond donors (Lipinski definition) is 1. The number of aryl methyl sites for hydroxylation is 2. The number of fused-ring (bicyclic) bond motifs is 3. The van der Waals surface area contributed by atoms with Crippen LogP contribution in [0.15, 0.2) is 35.3 Å². The van der Waals surface area contributed by atoms with Gasteiger partial charge in [0.05, 0.1) is 12.3 Å². The molecule has 1 aliphatic rings. The average Bonchev–Trinajstić information content (AvgIpc) is 3.22. The summed E-state index contributed by atoms with van der Waals surface area (Å²) in [6.45, 7) is 2.58. The van der Waals surface area contributed by atoms with Gasteiger partial charge in [0.15, 0.2) is 5.82 Å². The number of carboxylic acid groups (broad SMARTS) is 1. The second kappa shape index (κ2) is 8.34. The van der Waals surface area contributed by atoms with Crippen LogP contribution in [0.3, 0.4) is 0 Å². The summed E-state index contributed by atoms with van der Waals surface area (Å²) in [5, 5.41) is 18.8. The standard InChI is InChI=1S/C20H19ClN4O3S/c1-12-23-24-17-11-22-18(14-7-2-3-8-16(14)21)15-10-13(29-19(15)25(12)17)6-4-5-9-28-20(26)27/h2-3,7-8,10H,4-6,9,11H2,1H3,(H,26,27). The van der Waals surface area contributed by atoms with E-state index in [9.17, 15) is 4.79 Å². The number of carbonyl (C=O) groups is 1. The Kier molecular flexibility index (Phi) is 5.64. The Morgan fingerprint density at radius 1 is 1.28 bits per heavy atom. The molecule has 0 spiro atoms. The Morgan fingerprint density at radius 2 is 2.10 bits per heavy atom. The molecule has 1 aliphatic heterocycles. The predicted octanol–water partition coefficient (Wildman–Crippen LogP) is 4.66. The van der Waals surface area contributed by atoms with Gasteiger partial charge in [0.2, 0.25) is 0 Å². The van der Waals surface area contributed by atoms with Crippen molar-refractivity contribution in [3.05, 3.63) is 63.0 Å². The molecular formula is C20H19ClN4O3S. The Balaban J connectivity index is 1.67. The number of aliphatic imine (C=N–C) groups is 1. The van der Waals surface area contributed by atoms with E-state index in [2.05, 4.69) is 25.6 Å². The lowest BCUT2D eigenvalue weighted by Gasteiger charge is -2.08. The van der Waals surface area contributed by atoms with Gasteiger partial charge in [-0.2, -0.15) is 0 Å². The molecule has 0 saturated carbocycles. The van der Waals surface area contributed by atoms with Crippen molar-refractivity contribution in [2.24, 2.45) is 4.99 Å². The number of thiophene rings is 1. The zero-order valence-electron chi connectivity index (χ0n) is 15.8. The third-order valence-corrected chi connectivity index (χ3v) is 6.17. The summed E-state index contributed by atoms with van der Waals surface area (Å²) in [4.78, 5) is 16.5. The topological polar surface area (TPSA) is 89.6 Å². The number of benzene rings is 1. The molecule has 2 aromatic heterocycles. The molecule has 29 heavy (non-hydrogen) atoms. The molecule has 0 bridgehead atoms. The number of rotatable bonds is 6. The summed E-state index contributed by atoms with van der Waals surface area (Å²) < 4.78 is 6.64. The molecule has 0 fully saturated rings. The van der Waals surface area contributed by atoms with Gasteiger partial charge < -0.3 is 9.84 Å². The molecule has 7 nitrogen and oxygen atoms in total. The van der Waals surface area contributed by atoms with Crippen LogP contribution in [0, 0.1) is 6.92 Å². The molecule has 4 rings (SSSR count). The van der Waals surface area contributed by atoms with E-state index in [1.165, 1.54) is 4.88 Å². The van der Waals surface area contributed by atoms with Gasteiger partial charge in [-0.25, -0.2) is 4.79 Å². The lowest BCUT2D eigenvalue weighted by molar-refractivity contribution is 0.0902. The normalized spacial score (nSPS) is 12.7. The first-order valence-corrected chi connectivity index (χ1v) is 10.4. The van der Waals surface area contributed by atoms with Crippen LogP contribution in [-0.2, 0) is 17.7 Å². The van der Waals surface area contributed by atoms with Crippen molar-refractivity contribution in [1.82, 2.24) is 14.8 Å². The smallest absolute Gasteiger partial charge is 0.450 e. The lowest BCUT2D eigenvalue weighted by Crippen LogP contribution is -2.05. The molecule has 0 saturated heterocycles. The van der Waals surface area contributed by atoms with Crippen LogP contribution in [0.25, 0.3) is 5.00 Å². The van der Waals surface area contributed by atoms with E-state index < -0.39 is 6.16 Å². The van der Waals surface area contributed by atoms with Crippen molar-refractivity contribution in [2.75, 3.05) is 6.61 Å². The molecule has 0 atom stereocenters. The van der Waals surface area contributed by atoms with Crippen molar-refractivity contribution in [3.63, 3.8) is 0 Å². The first kappa shape index (κ1) is 19.6. The molecule has 3 heterocycles. The van der Waals surface area contributed by atoms with Gasteiger partial charge in [-0.3, -0.25) is 9.56 Å². The van der Waals surface area contributed by atoms with Crippen LogP contribution >= 0.6 is 22.9 Å². The summed E-state index contributed by atoms with van der Waals surface area (Å²) in [6.07, 6.45) is 1.10. The van der Waals surface area contributed by atoms with E-state index in [0.29, 0.717) is 18.0 Å². The summed E-state index contributed by atoms with van der Waals surface area (Å²) in [6, 6.07) is 9.85. The van der Waals surface area contributed by atoms with E-state index in [0.717, 1.165) is 46.3 Å². The number of ether oxygens (including phenoxy) is 1.